The number of nitrogens with zero attached hydrogens (tertiary/aromatic N) is 1. The SMILES string of the molecule is CC(C)N(C(=O)c1c(F)cccc1Cl)C1CC1. The molecule has 1 saturated carbocycles. The van der Waals surface area contributed by atoms with E-state index in [0.29, 0.717) is 0 Å². The number of hydrogen-bond acceptors (Lipinski definition) is 1. The first-order chi connectivity index (χ1) is 8.02. The van der Waals surface area contributed by atoms with E-state index in [2.05, 4.69) is 0 Å². The number of carbonyl (C=O) groups is 1. The van der Waals surface area contributed by atoms with Crippen LogP contribution >= 0.6 is 11.6 Å². The van der Waals surface area contributed by atoms with Gasteiger partial charge in [-0.15, -0.1) is 0 Å². The summed E-state index contributed by atoms with van der Waals surface area (Å²) in [7, 11) is 0. The summed E-state index contributed by atoms with van der Waals surface area (Å²) < 4.78 is 13.7. The zero-order valence-corrected chi connectivity index (χ0v) is 10.7. The second kappa shape index (κ2) is 4.65. The summed E-state index contributed by atoms with van der Waals surface area (Å²) in [6, 6.07) is 4.63. The van der Waals surface area contributed by atoms with E-state index < -0.39 is 5.82 Å². The molecule has 2 rings (SSSR count). The lowest BCUT2D eigenvalue weighted by Gasteiger charge is -2.27. The van der Waals surface area contributed by atoms with Gasteiger partial charge in [0, 0.05) is 12.1 Å². The second-order valence-electron chi connectivity index (χ2n) is 4.63. The standard InChI is InChI=1S/C13H15ClFNO/c1-8(2)16(9-6-7-9)13(17)12-10(14)4-3-5-11(12)15/h3-5,8-9H,6-7H2,1-2H3. The highest BCUT2D eigenvalue weighted by atomic mass is 35.5. The zero-order valence-electron chi connectivity index (χ0n) is 9.91. The Kier molecular flexibility index (Phi) is 3.38. The Morgan fingerprint density at radius 1 is 1.47 bits per heavy atom. The van der Waals surface area contributed by atoms with Crippen LogP contribution in [0.4, 0.5) is 4.39 Å². The number of halogens is 2. The van der Waals surface area contributed by atoms with Crippen LogP contribution in [0.1, 0.15) is 37.0 Å². The Morgan fingerprint density at radius 3 is 2.59 bits per heavy atom. The molecule has 0 heterocycles. The van der Waals surface area contributed by atoms with Gasteiger partial charge in [-0.3, -0.25) is 4.79 Å². The van der Waals surface area contributed by atoms with Gasteiger partial charge in [0.15, 0.2) is 0 Å². The van der Waals surface area contributed by atoms with Crippen molar-refractivity contribution in [1.82, 2.24) is 4.90 Å². The van der Waals surface area contributed by atoms with Gasteiger partial charge >= 0.3 is 0 Å². The fraction of sp³-hybridized carbons (Fsp3) is 0.462. The molecular weight excluding hydrogens is 241 g/mol. The number of rotatable bonds is 3. The molecule has 92 valence electrons. The van der Waals surface area contributed by atoms with E-state index in [1.807, 2.05) is 13.8 Å². The van der Waals surface area contributed by atoms with Crippen LogP contribution in [-0.4, -0.2) is 22.9 Å². The predicted octanol–water partition coefficient (Wildman–Crippen LogP) is 3.49. The molecule has 0 aromatic heterocycles. The number of hydrogen-bond donors (Lipinski definition) is 0. The highest BCUT2D eigenvalue weighted by Crippen LogP contribution is 2.32. The maximum absolute atomic E-state index is 13.7. The third-order valence-electron chi connectivity index (χ3n) is 2.91. The molecule has 0 N–H and O–H groups in total. The number of carbonyl (C=O) groups excluding carboxylic acids is 1. The molecule has 17 heavy (non-hydrogen) atoms. The fourth-order valence-corrected chi connectivity index (χ4v) is 2.25. The van der Waals surface area contributed by atoms with Gasteiger partial charge in [0.05, 0.1) is 10.6 Å². The molecule has 0 spiro atoms. The van der Waals surface area contributed by atoms with Crippen molar-refractivity contribution >= 4 is 17.5 Å². The molecule has 1 fully saturated rings. The van der Waals surface area contributed by atoms with Crippen LogP contribution in [0, 0.1) is 5.82 Å². The normalized spacial score (nSPS) is 15.1. The van der Waals surface area contributed by atoms with Crippen LogP contribution in [0.5, 0.6) is 0 Å². The van der Waals surface area contributed by atoms with Gasteiger partial charge in [0.2, 0.25) is 0 Å². The summed E-state index contributed by atoms with van der Waals surface area (Å²) in [6.45, 7) is 3.87. The van der Waals surface area contributed by atoms with E-state index in [1.165, 1.54) is 12.1 Å². The number of amides is 1. The average molecular weight is 256 g/mol. The molecule has 2 nitrogen and oxygen atoms in total. The van der Waals surface area contributed by atoms with Crippen molar-refractivity contribution in [2.24, 2.45) is 0 Å². The van der Waals surface area contributed by atoms with Crippen LogP contribution in [-0.2, 0) is 0 Å². The van der Waals surface area contributed by atoms with Crippen LogP contribution in [0.3, 0.4) is 0 Å². The smallest absolute Gasteiger partial charge is 0.258 e. The monoisotopic (exact) mass is 255 g/mol. The van der Waals surface area contributed by atoms with Crippen molar-refractivity contribution < 1.29 is 9.18 Å². The molecule has 1 aromatic rings. The lowest BCUT2D eigenvalue weighted by Crippen LogP contribution is -2.39. The highest BCUT2D eigenvalue weighted by Gasteiger charge is 2.36. The quantitative estimate of drug-likeness (QED) is 0.810. The van der Waals surface area contributed by atoms with E-state index in [1.54, 1.807) is 11.0 Å². The third-order valence-corrected chi connectivity index (χ3v) is 3.22. The van der Waals surface area contributed by atoms with E-state index in [-0.39, 0.29) is 28.6 Å². The summed E-state index contributed by atoms with van der Waals surface area (Å²) >= 11 is 5.91. The van der Waals surface area contributed by atoms with E-state index in [9.17, 15) is 9.18 Å². The molecule has 0 unspecified atom stereocenters. The maximum Gasteiger partial charge on any atom is 0.258 e. The molecule has 1 aromatic carbocycles. The van der Waals surface area contributed by atoms with Crippen molar-refractivity contribution in [2.45, 2.75) is 38.8 Å². The van der Waals surface area contributed by atoms with Crippen molar-refractivity contribution in [3.63, 3.8) is 0 Å². The van der Waals surface area contributed by atoms with Gasteiger partial charge in [-0.25, -0.2) is 4.39 Å². The maximum atomic E-state index is 13.7. The topological polar surface area (TPSA) is 20.3 Å². The first-order valence-corrected chi connectivity index (χ1v) is 6.17. The summed E-state index contributed by atoms with van der Waals surface area (Å²) in [6.07, 6.45) is 1.99. The Balaban J connectivity index is 2.35. The molecule has 0 saturated heterocycles. The van der Waals surface area contributed by atoms with Gasteiger partial charge in [-0.2, -0.15) is 0 Å². The molecule has 1 amide bonds. The minimum Gasteiger partial charge on any atom is -0.333 e. The Hall–Kier alpha value is -1.09. The van der Waals surface area contributed by atoms with Crippen molar-refractivity contribution in [1.29, 1.82) is 0 Å². The minimum absolute atomic E-state index is 0.00485. The lowest BCUT2D eigenvalue weighted by atomic mass is 10.1. The van der Waals surface area contributed by atoms with Gasteiger partial charge in [-0.1, -0.05) is 17.7 Å². The molecule has 1 aliphatic rings. The van der Waals surface area contributed by atoms with Crippen LogP contribution in [0.15, 0.2) is 18.2 Å². The molecule has 1 aliphatic carbocycles. The summed E-state index contributed by atoms with van der Waals surface area (Å²) in [5.74, 6) is -0.848. The predicted molar refractivity (Wildman–Crippen MR) is 65.7 cm³/mol. The van der Waals surface area contributed by atoms with Crippen LogP contribution < -0.4 is 0 Å². The summed E-state index contributed by atoms with van der Waals surface area (Å²) in [4.78, 5) is 14.0. The largest absolute Gasteiger partial charge is 0.333 e. The first-order valence-electron chi connectivity index (χ1n) is 5.79. The average Bonchev–Trinajstić information content (AvgIpc) is 3.01. The van der Waals surface area contributed by atoms with Crippen molar-refractivity contribution in [2.75, 3.05) is 0 Å². The Bertz CT molecular complexity index is 421. The van der Waals surface area contributed by atoms with Gasteiger partial charge in [0.25, 0.3) is 5.91 Å². The molecule has 0 aliphatic heterocycles. The Labute approximate surface area is 105 Å². The van der Waals surface area contributed by atoms with Gasteiger partial charge in [0.1, 0.15) is 5.82 Å². The number of benzene rings is 1. The van der Waals surface area contributed by atoms with E-state index in [4.69, 9.17) is 11.6 Å². The van der Waals surface area contributed by atoms with Gasteiger partial charge < -0.3 is 4.90 Å². The van der Waals surface area contributed by atoms with Crippen molar-refractivity contribution in [3.8, 4) is 0 Å². The van der Waals surface area contributed by atoms with Gasteiger partial charge in [-0.05, 0) is 38.8 Å². The summed E-state index contributed by atoms with van der Waals surface area (Å²) in [5, 5.41) is 0.182. The van der Waals surface area contributed by atoms with E-state index >= 15 is 0 Å². The van der Waals surface area contributed by atoms with Crippen molar-refractivity contribution in [3.05, 3.63) is 34.6 Å². The molecular formula is C13H15ClFNO. The molecule has 0 radical (unpaired) electrons. The zero-order chi connectivity index (χ0) is 12.6. The molecule has 0 bridgehead atoms. The highest BCUT2D eigenvalue weighted by molar-refractivity contribution is 6.33. The van der Waals surface area contributed by atoms with Crippen LogP contribution in [0.2, 0.25) is 5.02 Å². The molecule has 0 atom stereocenters. The lowest BCUT2D eigenvalue weighted by molar-refractivity contribution is 0.0685. The van der Waals surface area contributed by atoms with Crippen LogP contribution in [0.25, 0.3) is 0 Å². The minimum atomic E-state index is -0.547. The molecule has 4 heteroatoms. The van der Waals surface area contributed by atoms with E-state index in [0.717, 1.165) is 12.8 Å². The third kappa shape index (κ3) is 2.44. The summed E-state index contributed by atoms with van der Waals surface area (Å²) in [5.41, 5.74) is -0.00485. The second-order valence-corrected chi connectivity index (χ2v) is 5.04. The first kappa shape index (κ1) is 12.4. The fourth-order valence-electron chi connectivity index (χ4n) is 2.01. The Morgan fingerprint density at radius 2 is 2.12 bits per heavy atom.